The highest BCUT2D eigenvalue weighted by atomic mass is 16.3. The van der Waals surface area contributed by atoms with Crippen LogP contribution in [-0.2, 0) is 0 Å². The van der Waals surface area contributed by atoms with Gasteiger partial charge in [-0.05, 0) is 58.7 Å². The lowest BCUT2D eigenvalue weighted by molar-refractivity contribution is 0.0941. The van der Waals surface area contributed by atoms with E-state index >= 15 is 0 Å². The van der Waals surface area contributed by atoms with Crippen molar-refractivity contribution < 1.29 is 10.2 Å². The Kier molecular flexibility index (Phi) is 4.79. The van der Waals surface area contributed by atoms with Crippen LogP contribution in [0.15, 0.2) is 18.2 Å². The summed E-state index contributed by atoms with van der Waals surface area (Å²) in [6.45, 7) is 11.0. The summed E-state index contributed by atoms with van der Waals surface area (Å²) < 4.78 is 0. The molecule has 4 heteroatoms. The maximum absolute atomic E-state index is 9.92. The van der Waals surface area contributed by atoms with E-state index in [0.717, 1.165) is 31.5 Å². The van der Waals surface area contributed by atoms with Crippen LogP contribution in [0.5, 0.6) is 11.5 Å². The average molecular weight is 292 g/mol. The van der Waals surface area contributed by atoms with Crippen LogP contribution in [0.4, 0.5) is 0 Å². The number of aromatic hydroxyl groups is 2. The van der Waals surface area contributed by atoms with Crippen molar-refractivity contribution in [2.75, 3.05) is 13.1 Å². The smallest absolute Gasteiger partial charge is 0.120 e. The quantitative estimate of drug-likeness (QED) is 0.750. The highest BCUT2D eigenvalue weighted by Crippen LogP contribution is 2.29. The molecular weight excluding hydrogens is 264 g/mol. The zero-order valence-corrected chi connectivity index (χ0v) is 13.6. The number of likely N-dealkylation sites (tertiary alicyclic amines) is 1. The normalized spacial score (nSPS) is 19.6. The summed E-state index contributed by atoms with van der Waals surface area (Å²) in [4.78, 5) is 2.52. The van der Waals surface area contributed by atoms with E-state index in [-0.39, 0.29) is 23.1 Å². The molecule has 1 fully saturated rings. The lowest BCUT2D eigenvalue weighted by Crippen LogP contribution is -2.50. The van der Waals surface area contributed by atoms with Gasteiger partial charge < -0.3 is 15.5 Å². The molecule has 1 unspecified atom stereocenters. The zero-order valence-electron chi connectivity index (χ0n) is 13.6. The largest absolute Gasteiger partial charge is 0.508 e. The lowest BCUT2D eigenvalue weighted by atomic mass is 9.96. The predicted molar refractivity (Wildman–Crippen MR) is 85.7 cm³/mol. The van der Waals surface area contributed by atoms with E-state index in [0.29, 0.717) is 6.04 Å². The summed E-state index contributed by atoms with van der Waals surface area (Å²) in [6, 6.07) is 5.18. The first-order chi connectivity index (χ1) is 9.77. The van der Waals surface area contributed by atoms with Crippen molar-refractivity contribution >= 4 is 0 Å². The highest BCUT2D eigenvalue weighted by Gasteiger charge is 2.27. The molecule has 0 amide bonds. The minimum Gasteiger partial charge on any atom is -0.508 e. The van der Waals surface area contributed by atoms with Gasteiger partial charge in [0.1, 0.15) is 11.5 Å². The van der Waals surface area contributed by atoms with E-state index in [1.165, 1.54) is 6.07 Å². The molecule has 1 aliphatic heterocycles. The molecule has 0 aromatic heterocycles. The molecular formula is C17H28N2O2. The molecule has 0 saturated carbocycles. The monoisotopic (exact) mass is 292 g/mol. The van der Waals surface area contributed by atoms with Crippen molar-refractivity contribution in [2.24, 2.45) is 0 Å². The van der Waals surface area contributed by atoms with Gasteiger partial charge >= 0.3 is 0 Å². The SMILES string of the molecule is CC(NC1CCN(C(C)(C)C)CC1)c1cc(O)ccc1O. The number of piperidine rings is 1. The fourth-order valence-corrected chi connectivity index (χ4v) is 3.05. The van der Waals surface area contributed by atoms with Crippen LogP contribution in [0, 0.1) is 0 Å². The summed E-state index contributed by atoms with van der Waals surface area (Å²) in [7, 11) is 0. The van der Waals surface area contributed by atoms with E-state index < -0.39 is 0 Å². The van der Waals surface area contributed by atoms with Crippen LogP contribution in [0.25, 0.3) is 0 Å². The standard InChI is InChI=1S/C17H28N2O2/c1-12(15-11-14(20)5-6-16(15)21)18-13-7-9-19(10-8-13)17(2,3)4/h5-6,11-13,18,20-21H,7-10H2,1-4H3. The van der Waals surface area contributed by atoms with E-state index in [2.05, 4.69) is 31.0 Å². The van der Waals surface area contributed by atoms with Gasteiger partial charge in [-0.15, -0.1) is 0 Å². The number of hydrogen-bond acceptors (Lipinski definition) is 4. The molecule has 1 saturated heterocycles. The maximum Gasteiger partial charge on any atom is 0.120 e. The van der Waals surface area contributed by atoms with E-state index in [4.69, 9.17) is 0 Å². The third kappa shape index (κ3) is 4.11. The summed E-state index contributed by atoms with van der Waals surface area (Å²) in [5.41, 5.74) is 0.994. The van der Waals surface area contributed by atoms with E-state index in [1.54, 1.807) is 12.1 Å². The van der Waals surface area contributed by atoms with Crippen molar-refractivity contribution in [3.63, 3.8) is 0 Å². The second-order valence-corrected chi connectivity index (χ2v) is 7.06. The first-order valence-electron chi connectivity index (χ1n) is 7.80. The number of rotatable bonds is 3. The van der Waals surface area contributed by atoms with Gasteiger partial charge in [-0.1, -0.05) is 0 Å². The fourth-order valence-electron chi connectivity index (χ4n) is 3.05. The van der Waals surface area contributed by atoms with Gasteiger partial charge in [-0.25, -0.2) is 0 Å². The van der Waals surface area contributed by atoms with Gasteiger partial charge in [-0.3, -0.25) is 4.90 Å². The molecule has 0 bridgehead atoms. The number of nitrogens with one attached hydrogen (secondary N) is 1. The van der Waals surface area contributed by atoms with Crippen LogP contribution >= 0.6 is 0 Å². The summed E-state index contributed by atoms with van der Waals surface area (Å²) >= 11 is 0. The number of phenolic OH excluding ortho intramolecular Hbond substituents is 2. The van der Waals surface area contributed by atoms with Crippen molar-refractivity contribution in [1.82, 2.24) is 10.2 Å². The second-order valence-electron chi connectivity index (χ2n) is 7.06. The Morgan fingerprint density at radius 2 is 1.81 bits per heavy atom. The minimum atomic E-state index is 0.0308. The molecule has 1 heterocycles. The zero-order chi connectivity index (χ0) is 15.6. The first-order valence-corrected chi connectivity index (χ1v) is 7.80. The van der Waals surface area contributed by atoms with E-state index in [1.807, 2.05) is 6.92 Å². The number of phenols is 2. The topological polar surface area (TPSA) is 55.7 Å². The summed E-state index contributed by atoms with van der Waals surface area (Å²) in [5, 5.41) is 23.1. The second kappa shape index (κ2) is 6.24. The van der Waals surface area contributed by atoms with Crippen LogP contribution in [0.2, 0.25) is 0 Å². The molecule has 0 aliphatic carbocycles. The van der Waals surface area contributed by atoms with Gasteiger partial charge in [-0.2, -0.15) is 0 Å². The molecule has 118 valence electrons. The maximum atomic E-state index is 9.92. The van der Waals surface area contributed by atoms with Gasteiger partial charge in [0, 0.05) is 36.3 Å². The molecule has 0 spiro atoms. The fraction of sp³-hybridized carbons (Fsp3) is 0.647. The van der Waals surface area contributed by atoms with Crippen LogP contribution in [0.1, 0.15) is 52.1 Å². The molecule has 21 heavy (non-hydrogen) atoms. The highest BCUT2D eigenvalue weighted by molar-refractivity contribution is 5.40. The average Bonchev–Trinajstić information content (AvgIpc) is 2.41. The van der Waals surface area contributed by atoms with Gasteiger partial charge in [0.05, 0.1) is 0 Å². The molecule has 1 atom stereocenters. The summed E-state index contributed by atoms with van der Waals surface area (Å²) in [5.74, 6) is 0.430. The van der Waals surface area contributed by atoms with Crippen molar-refractivity contribution in [3.05, 3.63) is 23.8 Å². The molecule has 1 aromatic rings. The van der Waals surface area contributed by atoms with Gasteiger partial charge in [0.25, 0.3) is 0 Å². The molecule has 0 radical (unpaired) electrons. The lowest BCUT2D eigenvalue weighted by Gasteiger charge is -2.41. The third-order valence-electron chi connectivity index (χ3n) is 4.41. The van der Waals surface area contributed by atoms with Crippen molar-refractivity contribution in [2.45, 2.75) is 58.2 Å². The Labute approximate surface area is 127 Å². The van der Waals surface area contributed by atoms with Crippen LogP contribution in [0.3, 0.4) is 0 Å². The Balaban J connectivity index is 1.93. The van der Waals surface area contributed by atoms with Crippen molar-refractivity contribution in [3.8, 4) is 11.5 Å². The molecule has 1 aromatic carbocycles. The van der Waals surface area contributed by atoms with Crippen molar-refractivity contribution in [1.29, 1.82) is 0 Å². The Morgan fingerprint density at radius 3 is 2.38 bits per heavy atom. The molecule has 2 rings (SSSR count). The number of hydrogen-bond donors (Lipinski definition) is 3. The molecule has 3 N–H and O–H groups in total. The Bertz CT molecular complexity index is 474. The van der Waals surface area contributed by atoms with Gasteiger partial charge in [0.15, 0.2) is 0 Å². The van der Waals surface area contributed by atoms with Crippen LogP contribution in [-0.4, -0.2) is 39.8 Å². The third-order valence-corrected chi connectivity index (χ3v) is 4.41. The molecule has 4 nitrogen and oxygen atoms in total. The van der Waals surface area contributed by atoms with Gasteiger partial charge in [0.2, 0.25) is 0 Å². The van der Waals surface area contributed by atoms with E-state index in [9.17, 15) is 10.2 Å². The number of nitrogens with zero attached hydrogens (tertiary/aromatic N) is 1. The summed E-state index contributed by atoms with van der Waals surface area (Å²) in [6.07, 6.45) is 2.22. The Hall–Kier alpha value is -1.26. The number of benzene rings is 1. The first kappa shape index (κ1) is 16.1. The predicted octanol–water partition coefficient (Wildman–Crippen LogP) is 3.01. The molecule has 1 aliphatic rings. The van der Waals surface area contributed by atoms with Crippen LogP contribution < -0.4 is 5.32 Å². The minimum absolute atomic E-state index is 0.0308. The Morgan fingerprint density at radius 1 is 1.19 bits per heavy atom.